The quantitative estimate of drug-likeness (QED) is 0.690. The fraction of sp³-hybridized carbons (Fsp3) is 0.727. The van der Waals surface area contributed by atoms with Crippen molar-refractivity contribution in [1.29, 1.82) is 0 Å². The first-order valence-electron chi connectivity index (χ1n) is 9.89. The van der Waals surface area contributed by atoms with Gasteiger partial charge in [0.2, 0.25) is 0 Å². The number of nitrogens with one attached hydrogen (secondary N) is 1. The summed E-state index contributed by atoms with van der Waals surface area (Å²) < 4.78 is 5.92. The molecule has 25 heavy (non-hydrogen) atoms. The highest BCUT2D eigenvalue weighted by atomic mass is 16.5. The van der Waals surface area contributed by atoms with Crippen molar-refractivity contribution >= 4 is 5.69 Å². The first-order valence-corrected chi connectivity index (χ1v) is 9.89. The summed E-state index contributed by atoms with van der Waals surface area (Å²) in [6.07, 6.45) is 3.67. The molecule has 3 nitrogen and oxygen atoms in total. The Kier molecular flexibility index (Phi) is 7.33. The molecule has 0 aromatic heterocycles. The summed E-state index contributed by atoms with van der Waals surface area (Å²) in [5.41, 5.74) is 2.67. The van der Waals surface area contributed by atoms with Crippen LogP contribution < -0.4 is 10.2 Å². The van der Waals surface area contributed by atoms with E-state index >= 15 is 0 Å². The molecule has 1 saturated heterocycles. The second kappa shape index (κ2) is 9.05. The van der Waals surface area contributed by atoms with Crippen LogP contribution in [0, 0.1) is 17.8 Å². The molecule has 2 rings (SSSR count). The van der Waals surface area contributed by atoms with Crippen LogP contribution in [0.15, 0.2) is 24.3 Å². The van der Waals surface area contributed by atoms with Crippen molar-refractivity contribution in [2.45, 2.75) is 59.1 Å². The minimum absolute atomic E-state index is 0.0532. The topological polar surface area (TPSA) is 24.5 Å². The van der Waals surface area contributed by atoms with E-state index in [-0.39, 0.29) is 5.60 Å². The van der Waals surface area contributed by atoms with Crippen molar-refractivity contribution in [1.82, 2.24) is 5.32 Å². The van der Waals surface area contributed by atoms with E-state index in [1.165, 1.54) is 30.5 Å². The van der Waals surface area contributed by atoms with E-state index in [0.717, 1.165) is 37.5 Å². The number of hydrogen-bond donors (Lipinski definition) is 1. The van der Waals surface area contributed by atoms with E-state index in [0.29, 0.717) is 0 Å². The molecule has 0 aliphatic carbocycles. The van der Waals surface area contributed by atoms with E-state index in [9.17, 15) is 0 Å². The van der Waals surface area contributed by atoms with Gasteiger partial charge in [-0.1, -0.05) is 26.0 Å². The molecule has 1 heterocycles. The second-order valence-corrected chi connectivity index (χ2v) is 8.80. The van der Waals surface area contributed by atoms with Gasteiger partial charge in [0.25, 0.3) is 0 Å². The van der Waals surface area contributed by atoms with Crippen molar-refractivity contribution in [3.05, 3.63) is 29.8 Å². The first kappa shape index (κ1) is 20.3. The van der Waals surface area contributed by atoms with Gasteiger partial charge in [0, 0.05) is 32.9 Å². The average molecular weight is 347 g/mol. The van der Waals surface area contributed by atoms with Crippen LogP contribution in [0.4, 0.5) is 5.69 Å². The maximum Gasteiger partial charge on any atom is 0.0629 e. The van der Waals surface area contributed by atoms with E-state index in [1.807, 2.05) is 0 Å². The van der Waals surface area contributed by atoms with Crippen LogP contribution in [0.1, 0.15) is 52.5 Å². The lowest BCUT2D eigenvalue weighted by atomic mass is 9.73. The van der Waals surface area contributed by atoms with E-state index in [2.05, 4.69) is 76.3 Å². The summed E-state index contributed by atoms with van der Waals surface area (Å²) >= 11 is 0. The summed E-state index contributed by atoms with van der Waals surface area (Å²) in [6.45, 7) is 12.2. The number of rotatable bonds is 8. The fourth-order valence-electron chi connectivity index (χ4n) is 4.17. The summed E-state index contributed by atoms with van der Waals surface area (Å²) in [6, 6.07) is 8.84. The smallest absolute Gasteiger partial charge is 0.0629 e. The van der Waals surface area contributed by atoms with Crippen LogP contribution in [0.5, 0.6) is 0 Å². The summed E-state index contributed by atoms with van der Waals surface area (Å²) in [4.78, 5) is 2.14. The van der Waals surface area contributed by atoms with Gasteiger partial charge in [-0.15, -0.1) is 0 Å². The van der Waals surface area contributed by atoms with Gasteiger partial charge in [0.1, 0.15) is 0 Å². The van der Waals surface area contributed by atoms with Crippen LogP contribution in [-0.2, 0) is 11.3 Å². The normalized spacial score (nSPS) is 21.3. The van der Waals surface area contributed by atoms with Gasteiger partial charge in [0.05, 0.1) is 5.60 Å². The highest BCUT2D eigenvalue weighted by Gasteiger charge is 2.34. The molecule has 1 aliphatic rings. The number of ether oxygens (including phenoxy) is 1. The van der Waals surface area contributed by atoms with Crippen LogP contribution in [0.2, 0.25) is 0 Å². The zero-order valence-corrected chi connectivity index (χ0v) is 17.1. The number of benzene rings is 1. The molecule has 2 unspecified atom stereocenters. The van der Waals surface area contributed by atoms with Gasteiger partial charge in [-0.05, 0) is 75.1 Å². The molecule has 1 fully saturated rings. The standard InChI is InChI=1S/C22H38N2O/c1-17(2)21(19-12-14-25-22(3,4)15-19)11-13-23-16-18-7-9-20(10-8-18)24(5)6/h7-10,17,19,21,23H,11-16H2,1-6H3. The van der Waals surface area contributed by atoms with Gasteiger partial charge in [-0.3, -0.25) is 0 Å². The molecule has 3 heteroatoms. The predicted octanol–water partition coefficient (Wildman–Crippen LogP) is 4.71. The lowest BCUT2D eigenvalue weighted by Gasteiger charge is -2.40. The Morgan fingerprint density at radius 2 is 1.88 bits per heavy atom. The molecular weight excluding hydrogens is 308 g/mol. The lowest BCUT2D eigenvalue weighted by Crippen LogP contribution is -2.38. The van der Waals surface area contributed by atoms with Gasteiger partial charge >= 0.3 is 0 Å². The zero-order chi connectivity index (χ0) is 18.4. The maximum absolute atomic E-state index is 5.92. The van der Waals surface area contributed by atoms with E-state index in [4.69, 9.17) is 4.74 Å². The first-order chi connectivity index (χ1) is 11.8. The van der Waals surface area contributed by atoms with Gasteiger partial charge in [-0.2, -0.15) is 0 Å². The van der Waals surface area contributed by atoms with Crippen molar-refractivity contribution < 1.29 is 4.74 Å². The number of nitrogens with zero attached hydrogens (tertiary/aromatic N) is 1. The molecule has 0 radical (unpaired) electrons. The minimum atomic E-state index is 0.0532. The average Bonchev–Trinajstić information content (AvgIpc) is 2.53. The number of anilines is 1. The van der Waals surface area contributed by atoms with Crippen LogP contribution >= 0.6 is 0 Å². The van der Waals surface area contributed by atoms with Crippen molar-refractivity contribution in [3.63, 3.8) is 0 Å². The molecule has 1 aromatic rings. The van der Waals surface area contributed by atoms with E-state index < -0.39 is 0 Å². The highest BCUT2D eigenvalue weighted by Crippen LogP contribution is 2.37. The zero-order valence-electron chi connectivity index (χ0n) is 17.1. The van der Waals surface area contributed by atoms with Crippen molar-refractivity contribution in [3.8, 4) is 0 Å². The van der Waals surface area contributed by atoms with Crippen LogP contribution in [-0.4, -0.2) is 32.8 Å². The minimum Gasteiger partial charge on any atom is -0.378 e. The molecule has 0 bridgehead atoms. The largest absolute Gasteiger partial charge is 0.378 e. The number of hydrogen-bond acceptors (Lipinski definition) is 3. The van der Waals surface area contributed by atoms with Crippen molar-refractivity contribution in [2.24, 2.45) is 17.8 Å². The Hall–Kier alpha value is -1.06. The Labute approximate surface area is 155 Å². The van der Waals surface area contributed by atoms with Gasteiger partial charge < -0.3 is 15.0 Å². The maximum atomic E-state index is 5.92. The third kappa shape index (κ3) is 6.31. The predicted molar refractivity (Wildman–Crippen MR) is 108 cm³/mol. The third-order valence-electron chi connectivity index (χ3n) is 5.63. The fourth-order valence-corrected chi connectivity index (χ4v) is 4.17. The molecule has 1 aliphatic heterocycles. The molecular formula is C22H38N2O. The highest BCUT2D eigenvalue weighted by molar-refractivity contribution is 5.45. The SMILES string of the molecule is CC(C)C(CCNCc1ccc(N(C)C)cc1)C1CCOC(C)(C)C1. The Bertz CT molecular complexity index is 507. The molecule has 2 atom stereocenters. The summed E-state index contributed by atoms with van der Waals surface area (Å²) in [5.74, 6) is 2.32. The monoisotopic (exact) mass is 346 g/mol. The molecule has 1 N–H and O–H groups in total. The molecule has 1 aromatic carbocycles. The molecule has 142 valence electrons. The third-order valence-corrected chi connectivity index (χ3v) is 5.63. The lowest BCUT2D eigenvalue weighted by molar-refractivity contribution is -0.0867. The molecule has 0 saturated carbocycles. The van der Waals surface area contributed by atoms with Gasteiger partial charge in [0.15, 0.2) is 0 Å². The van der Waals surface area contributed by atoms with Gasteiger partial charge in [-0.25, -0.2) is 0 Å². The second-order valence-electron chi connectivity index (χ2n) is 8.80. The van der Waals surface area contributed by atoms with Crippen molar-refractivity contribution in [2.75, 3.05) is 32.1 Å². The van der Waals surface area contributed by atoms with Crippen LogP contribution in [0.25, 0.3) is 0 Å². The molecule has 0 amide bonds. The Balaban J connectivity index is 1.79. The molecule has 0 spiro atoms. The van der Waals surface area contributed by atoms with E-state index in [1.54, 1.807) is 0 Å². The Morgan fingerprint density at radius 1 is 1.20 bits per heavy atom. The summed E-state index contributed by atoms with van der Waals surface area (Å²) in [7, 11) is 4.16. The Morgan fingerprint density at radius 3 is 2.44 bits per heavy atom. The summed E-state index contributed by atoms with van der Waals surface area (Å²) in [5, 5.41) is 3.65. The van der Waals surface area contributed by atoms with Crippen LogP contribution in [0.3, 0.4) is 0 Å².